The van der Waals surface area contributed by atoms with Crippen molar-refractivity contribution in [1.29, 1.82) is 0 Å². The zero-order chi connectivity index (χ0) is 14.8. The van der Waals surface area contributed by atoms with E-state index in [1.165, 1.54) is 0 Å². The van der Waals surface area contributed by atoms with Crippen LogP contribution in [0.1, 0.15) is 6.42 Å². The molecular weight excluding hydrogens is 302 g/mol. The van der Waals surface area contributed by atoms with Gasteiger partial charge in [-0.3, -0.25) is 0 Å². The molecule has 0 aromatic carbocycles. The first-order valence-corrected chi connectivity index (χ1v) is 5.80. The van der Waals surface area contributed by atoms with Gasteiger partial charge in [0.05, 0.1) is 18.7 Å². The Morgan fingerprint density at radius 3 is 1.67 bits per heavy atom. The van der Waals surface area contributed by atoms with E-state index in [4.69, 9.17) is 0 Å². The molecule has 0 fully saturated rings. The first-order chi connectivity index (χ1) is 7.66. The van der Waals surface area contributed by atoms with Gasteiger partial charge >= 0.3 is 18.3 Å². The Balaban J connectivity index is 4.46. The fourth-order valence-electron chi connectivity index (χ4n) is 0.623. The van der Waals surface area contributed by atoms with Gasteiger partial charge in [-0.1, -0.05) is 0 Å². The van der Waals surface area contributed by atoms with Gasteiger partial charge in [-0.25, -0.2) is 13.1 Å². The summed E-state index contributed by atoms with van der Waals surface area (Å²) in [7, 11) is -4.86. The molecule has 0 radical (unpaired) electrons. The summed E-state index contributed by atoms with van der Waals surface area (Å²) in [5.41, 5.74) is 0. The largest absolute Gasteiger partial charge is 0.454 e. The highest BCUT2D eigenvalue weighted by Crippen LogP contribution is 2.34. The van der Waals surface area contributed by atoms with E-state index >= 15 is 0 Å². The van der Waals surface area contributed by atoms with E-state index in [0.717, 1.165) is 4.72 Å². The molecule has 0 unspecified atom stereocenters. The molecule has 0 amide bonds. The van der Waals surface area contributed by atoms with E-state index in [2.05, 4.69) is 0 Å². The molecule has 12 heteroatoms. The van der Waals surface area contributed by atoms with Crippen molar-refractivity contribution in [3.63, 3.8) is 0 Å². The van der Waals surface area contributed by atoms with Crippen LogP contribution in [0.5, 0.6) is 0 Å². The highest BCUT2D eigenvalue weighted by molar-refractivity contribution is 7.89. The fraction of sp³-hybridized carbons (Fsp3) is 1.00. The maximum Gasteiger partial charge on any atom is 0.454 e. The maximum absolute atomic E-state index is 12.3. The van der Waals surface area contributed by atoms with Crippen molar-refractivity contribution in [2.45, 2.75) is 24.7 Å². The minimum atomic E-state index is -5.99. The summed E-state index contributed by atoms with van der Waals surface area (Å²) in [4.78, 5) is 0. The van der Waals surface area contributed by atoms with Crippen molar-refractivity contribution in [2.24, 2.45) is 0 Å². The predicted octanol–water partition coefficient (Wildman–Crippen LogP) is 2.06. The van der Waals surface area contributed by atoms with Crippen LogP contribution in [0.3, 0.4) is 0 Å². The minimum absolute atomic E-state index is 0.781. The molecule has 0 atom stereocenters. The Labute approximate surface area is 96.2 Å². The number of hydrogen-bond acceptors (Lipinski definition) is 2. The Hall–Kier alpha value is -0.650. The quantitative estimate of drug-likeness (QED) is 0.790. The number of rotatable bonds is 5. The van der Waals surface area contributed by atoms with E-state index in [0.29, 0.717) is 0 Å². The van der Waals surface area contributed by atoms with Crippen LogP contribution in [0, 0.1) is 0 Å². The first kappa shape index (κ1) is 17.4. The lowest BCUT2D eigenvalue weighted by Gasteiger charge is -2.19. The standard InChI is InChI=1S/C6H7F8NO2S/c7-4(8,6(12,13)14)3-15-18(16,17)2-1-5(9,10)11/h15H,1-3H2. The number of hydrogen-bond donors (Lipinski definition) is 1. The molecule has 3 nitrogen and oxygen atoms in total. The molecule has 0 spiro atoms. The van der Waals surface area contributed by atoms with Gasteiger partial charge in [-0.15, -0.1) is 0 Å². The monoisotopic (exact) mass is 309 g/mol. The first-order valence-electron chi connectivity index (χ1n) is 4.15. The fourth-order valence-corrected chi connectivity index (χ4v) is 1.67. The van der Waals surface area contributed by atoms with Gasteiger partial charge in [0.25, 0.3) is 0 Å². The van der Waals surface area contributed by atoms with Crippen molar-refractivity contribution in [2.75, 3.05) is 12.3 Å². The molecule has 0 saturated carbocycles. The molecule has 0 aromatic heterocycles. The molecule has 0 rings (SSSR count). The smallest absolute Gasteiger partial charge is 0.212 e. The van der Waals surface area contributed by atoms with E-state index in [1.54, 1.807) is 0 Å². The Bertz CT molecular complexity index is 370. The van der Waals surface area contributed by atoms with Crippen LogP contribution in [0.4, 0.5) is 35.1 Å². The lowest BCUT2D eigenvalue weighted by atomic mass is 10.3. The van der Waals surface area contributed by atoms with Crippen molar-refractivity contribution in [3.8, 4) is 0 Å². The highest BCUT2D eigenvalue weighted by Gasteiger charge is 2.57. The summed E-state index contributed by atoms with van der Waals surface area (Å²) < 4.78 is 117. The zero-order valence-corrected chi connectivity index (χ0v) is 9.19. The Kier molecular flexibility index (Phi) is 4.96. The zero-order valence-electron chi connectivity index (χ0n) is 8.37. The van der Waals surface area contributed by atoms with Crippen molar-refractivity contribution < 1.29 is 43.5 Å². The average Bonchev–Trinajstić information content (AvgIpc) is 2.10. The van der Waals surface area contributed by atoms with E-state index in [1.807, 2.05) is 0 Å². The molecule has 1 N–H and O–H groups in total. The lowest BCUT2D eigenvalue weighted by Crippen LogP contribution is -2.47. The molecule has 0 aromatic rings. The van der Waals surface area contributed by atoms with Crippen LogP contribution >= 0.6 is 0 Å². The molecule has 0 bridgehead atoms. The number of nitrogens with one attached hydrogen (secondary N) is 1. The molecular formula is C6H7F8NO2S. The molecule has 0 aliphatic heterocycles. The van der Waals surface area contributed by atoms with Crippen molar-refractivity contribution in [3.05, 3.63) is 0 Å². The Morgan fingerprint density at radius 1 is 0.889 bits per heavy atom. The summed E-state index contributed by atoms with van der Waals surface area (Å²) in [6.45, 7) is -2.34. The number of sulfonamides is 1. The van der Waals surface area contributed by atoms with Crippen LogP contribution in [0.15, 0.2) is 0 Å². The highest BCUT2D eigenvalue weighted by atomic mass is 32.2. The van der Waals surface area contributed by atoms with Gasteiger partial charge < -0.3 is 0 Å². The molecule has 18 heavy (non-hydrogen) atoms. The van der Waals surface area contributed by atoms with E-state index < -0.39 is 47.0 Å². The number of alkyl halides is 8. The lowest BCUT2D eigenvalue weighted by molar-refractivity contribution is -0.277. The van der Waals surface area contributed by atoms with Gasteiger partial charge in [0, 0.05) is 0 Å². The second-order valence-electron chi connectivity index (χ2n) is 3.21. The van der Waals surface area contributed by atoms with Crippen LogP contribution in [-0.2, 0) is 10.0 Å². The maximum atomic E-state index is 12.3. The van der Waals surface area contributed by atoms with E-state index in [-0.39, 0.29) is 0 Å². The third kappa shape index (κ3) is 6.33. The summed E-state index contributed by atoms with van der Waals surface area (Å²) in [5.74, 6) is -6.97. The molecule has 0 heterocycles. The average molecular weight is 309 g/mol. The molecule has 0 saturated heterocycles. The second-order valence-corrected chi connectivity index (χ2v) is 5.13. The summed E-state index contributed by atoms with van der Waals surface area (Å²) in [6.07, 6.45) is -12.7. The third-order valence-corrected chi connectivity index (χ3v) is 2.91. The second kappa shape index (κ2) is 5.15. The van der Waals surface area contributed by atoms with Crippen LogP contribution in [0.25, 0.3) is 0 Å². The van der Waals surface area contributed by atoms with Crippen molar-refractivity contribution >= 4 is 10.0 Å². The summed E-state index contributed by atoms with van der Waals surface area (Å²) in [5, 5.41) is 0. The van der Waals surface area contributed by atoms with Gasteiger partial charge in [0.15, 0.2) is 0 Å². The predicted molar refractivity (Wildman–Crippen MR) is 43.5 cm³/mol. The van der Waals surface area contributed by atoms with Crippen LogP contribution in [-0.4, -0.2) is 39.0 Å². The normalized spacial score (nSPS) is 14.9. The van der Waals surface area contributed by atoms with Gasteiger partial charge in [0.2, 0.25) is 10.0 Å². The minimum Gasteiger partial charge on any atom is -0.212 e. The van der Waals surface area contributed by atoms with Gasteiger partial charge in [-0.2, -0.15) is 35.1 Å². The SMILES string of the molecule is O=S(=O)(CCC(F)(F)F)NCC(F)(F)C(F)(F)F. The van der Waals surface area contributed by atoms with Crippen LogP contribution < -0.4 is 4.72 Å². The topological polar surface area (TPSA) is 46.2 Å². The van der Waals surface area contributed by atoms with Gasteiger partial charge in [-0.05, 0) is 0 Å². The molecule has 0 aliphatic rings. The van der Waals surface area contributed by atoms with E-state index in [9.17, 15) is 43.5 Å². The van der Waals surface area contributed by atoms with Crippen LogP contribution in [0.2, 0.25) is 0 Å². The molecule has 0 aliphatic carbocycles. The van der Waals surface area contributed by atoms with Crippen molar-refractivity contribution in [1.82, 2.24) is 4.72 Å². The number of halogens is 8. The summed E-state index contributed by atoms with van der Waals surface area (Å²) >= 11 is 0. The van der Waals surface area contributed by atoms with Gasteiger partial charge in [0.1, 0.15) is 0 Å². The molecule has 110 valence electrons. The summed E-state index contributed by atoms with van der Waals surface area (Å²) in [6, 6.07) is 0. The third-order valence-electron chi connectivity index (χ3n) is 1.58. The Morgan fingerprint density at radius 2 is 1.33 bits per heavy atom.